The summed E-state index contributed by atoms with van der Waals surface area (Å²) in [6, 6.07) is 8.32. The summed E-state index contributed by atoms with van der Waals surface area (Å²) in [5.74, 6) is 0.396. The molecule has 1 saturated carbocycles. The van der Waals surface area contributed by atoms with Gasteiger partial charge in [0.15, 0.2) is 0 Å². The summed E-state index contributed by atoms with van der Waals surface area (Å²) in [4.78, 5) is 11.6. The fourth-order valence-corrected chi connectivity index (χ4v) is 2.51. The van der Waals surface area contributed by atoms with E-state index in [0.29, 0.717) is 5.92 Å². The van der Waals surface area contributed by atoms with E-state index in [-0.39, 0.29) is 12.1 Å². The maximum absolute atomic E-state index is 11.6. The molecule has 98 valence electrons. The second-order valence-corrected chi connectivity index (χ2v) is 6.47. The average molecular weight is 312 g/mol. The van der Waals surface area contributed by atoms with Crippen molar-refractivity contribution in [2.24, 2.45) is 0 Å². The number of carbonyl (C=O) groups is 1. The number of amides is 1. The van der Waals surface area contributed by atoms with Gasteiger partial charge in [-0.2, -0.15) is 0 Å². The van der Waals surface area contributed by atoms with Crippen LogP contribution in [0.4, 0.5) is 4.79 Å². The number of ether oxygens (including phenoxy) is 1. The normalized spacial score (nSPS) is 22.4. The van der Waals surface area contributed by atoms with Crippen molar-refractivity contribution in [1.29, 1.82) is 0 Å². The minimum Gasteiger partial charge on any atom is -0.444 e. The van der Waals surface area contributed by atoms with Crippen LogP contribution in [0.15, 0.2) is 28.7 Å². The highest BCUT2D eigenvalue weighted by atomic mass is 79.9. The highest BCUT2D eigenvalue weighted by Crippen LogP contribution is 2.43. The lowest BCUT2D eigenvalue weighted by atomic mass is 10.1. The monoisotopic (exact) mass is 311 g/mol. The SMILES string of the molecule is CC(C)(C)OC(=O)N[C@H]1C[C@@H]1c1ccccc1Br. The summed E-state index contributed by atoms with van der Waals surface area (Å²) in [5, 5.41) is 2.90. The van der Waals surface area contributed by atoms with Crippen LogP contribution in [0, 0.1) is 0 Å². The summed E-state index contributed by atoms with van der Waals surface area (Å²) < 4.78 is 6.34. The highest BCUT2D eigenvalue weighted by molar-refractivity contribution is 9.10. The Morgan fingerprint density at radius 2 is 2.06 bits per heavy atom. The van der Waals surface area contributed by atoms with E-state index in [1.165, 1.54) is 5.56 Å². The molecule has 4 heteroatoms. The molecule has 0 heterocycles. The molecule has 1 aliphatic rings. The van der Waals surface area contributed by atoms with Gasteiger partial charge in [0, 0.05) is 16.4 Å². The molecule has 2 atom stereocenters. The molecule has 1 N–H and O–H groups in total. The lowest BCUT2D eigenvalue weighted by molar-refractivity contribution is 0.0523. The molecule has 0 saturated heterocycles. The van der Waals surface area contributed by atoms with E-state index in [9.17, 15) is 4.79 Å². The van der Waals surface area contributed by atoms with Gasteiger partial charge in [-0.25, -0.2) is 4.79 Å². The van der Waals surface area contributed by atoms with Gasteiger partial charge >= 0.3 is 6.09 Å². The smallest absolute Gasteiger partial charge is 0.407 e. The molecule has 0 aliphatic heterocycles. The Kier molecular flexibility index (Phi) is 3.66. The Bertz CT molecular complexity index is 453. The lowest BCUT2D eigenvalue weighted by Gasteiger charge is -2.19. The van der Waals surface area contributed by atoms with Crippen molar-refractivity contribution < 1.29 is 9.53 Å². The first-order valence-corrected chi connectivity index (χ1v) is 6.90. The van der Waals surface area contributed by atoms with Crippen molar-refractivity contribution in [3.05, 3.63) is 34.3 Å². The van der Waals surface area contributed by atoms with Gasteiger partial charge in [-0.05, 0) is 38.8 Å². The molecule has 0 radical (unpaired) electrons. The molecule has 1 amide bonds. The number of benzene rings is 1. The molecule has 2 rings (SSSR count). The first-order chi connectivity index (χ1) is 8.37. The summed E-state index contributed by atoms with van der Waals surface area (Å²) in [7, 11) is 0. The predicted octanol–water partition coefficient (Wildman–Crippen LogP) is 3.83. The van der Waals surface area contributed by atoms with Crippen LogP contribution < -0.4 is 5.32 Å². The van der Waals surface area contributed by atoms with E-state index in [1.54, 1.807) is 0 Å². The average Bonchev–Trinajstić information content (AvgIpc) is 2.94. The minimum absolute atomic E-state index is 0.193. The number of nitrogens with one attached hydrogen (secondary N) is 1. The summed E-state index contributed by atoms with van der Waals surface area (Å²) >= 11 is 3.54. The lowest BCUT2D eigenvalue weighted by Crippen LogP contribution is -2.34. The Balaban J connectivity index is 1.89. The fourth-order valence-electron chi connectivity index (χ4n) is 1.93. The zero-order valence-electron chi connectivity index (χ0n) is 10.9. The van der Waals surface area contributed by atoms with Crippen LogP contribution in [0.25, 0.3) is 0 Å². The Morgan fingerprint density at radius 3 is 2.67 bits per heavy atom. The minimum atomic E-state index is -0.443. The van der Waals surface area contributed by atoms with Crippen molar-refractivity contribution in [3.8, 4) is 0 Å². The maximum Gasteiger partial charge on any atom is 0.407 e. The van der Waals surface area contributed by atoms with Crippen LogP contribution in [0.1, 0.15) is 38.7 Å². The molecule has 1 aliphatic carbocycles. The van der Waals surface area contributed by atoms with Crippen LogP contribution in [0.2, 0.25) is 0 Å². The number of carbonyl (C=O) groups excluding carboxylic acids is 1. The van der Waals surface area contributed by atoms with Crippen LogP contribution in [0.5, 0.6) is 0 Å². The van der Waals surface area contributed by atoms with E-state index in [2.05, 4.69) is 27.3 Å². The molecule has 3 nitrogen and oxygen atoms in total. The van der Waals surface area contributed by atoms with Crippen molar-refractivity contribution in [2.45, 2.75) is 44.8 Å². The first kappa shape index (κ1) is 13.4. The van der Waals surface area contributed by atoms with Crippen molar-refractivity contribution >= 4 is 22.0 Å². The zero-order valence-corrected chi connectivity index (χ0v) is 12.5. The molecular formula is C14H18BrNO2. The van der Waals surface area contributed by atoms with Gasteiger partial charge in [0.25, 0.3) is 0 Å². The van der Waals surface area contributed by atoms with E-state index in [4.69, 9.17) is 4.74 Å². The van der Waals surface area contributed by atoms with Crippen LogP contribution in [0.3, 0.4) is 0 Å². The predicted molar refractivity (Wildman–Crippen MR) is 74.7 cm³/mol. The molecule has 1 fully saturated rings. The van der Waals surface area contributed by atoms with Crippen molar-refractivity contribution in [1.82, 2.24) is 5.32 Å². The van der Waals surface area contributed by atoms with E-state index in [1.807, 2.05) is 39.0 Å². The Labute approximate surface area is 116 Å². The highest BCUT2D eigenvalue weighted by Gasteiger charge is 2.41. The summed E-state index contributed by atoms with van der Waals surface area (Å²) in [6.45, 7) is 5.60. The topological polar surface area (TPSA) is 38.3 Å². The molecule has 1 aromatic carbocycles. The second-order valence-electron chi connectivity index (χ2n) is 5.62. The largest absolute Gasteiger partial charge is 0.444 e. The number of halogens is 1. The van der Waals surface area contributed by atoms with Gasteiger partial charge < -0.3 is 10.1 Å². The maximum atomic E-state index is 11.6. The molecular weight excluding hydrogens is 294 g/mol. The van der Waals surface area contributed by atoms with E-state index >= 15 is 0 Å². The number of rotatable bonds is 2. The van der Waals surface area contributed by atoms with Crippen LogP contribution in [-0.2, 0) is 4.74 Å². The van der Waals surface area contributed by atoms with E-state index in [0.717, 1.165) is 10.9 Å². The van der Waals surface area contributed by atoms with Gasteiger partial charge in [0.2, 0.25) is 0 Å². The Morgan fingerprint density at radius 1 is 1.39 bits per heavy atom. The van der Waals surface area contributed by atoms with Gasteiger partial charge in [0.1, 0.15) is 5.60 Å². The Hall–Kier alpha value is -1.03. The fraction of sp³-hybridized carbons (Fsp3) is 0.500. The third kappa shape index (κ3) is 3.48. The molecule has 0 bridgehead atoms. The summed E-state index contributed by atoms with van der Waals surface area (Å²) in [6.07, 6.45) is 0.643. The van der Waals surface area contributed by atoms with Gasteiger partial charge in [-0.15, -0.1) is 0 Å². The van der Waals surface area contributed by atoms with Crippen molar-refractivity contribution in [3.63, 3.8) is 0 Å². The molecule has 0 unspecified atom stereocenters. The third-order valence-electron chi connectivity index (χ3n) is 2.80. The van der Waals surface area contributed by atoms with Crippen LogP contribution in [-0.4, -0.2) is 17.7 Å². The quantitative estimate of drug-likeness (QED) is 0.901. The van der Waals surface area contributed by atoms with Crippen molar-refractivity contribution in [2.75, 3.05) is 0 Å². The number of alkyl carbamates (subject to hydrolysis) is 1. The molecule has 18 heavy (non-hydrogen) atoms. The molecule has 0 spiro atoms. The van der Waals surface area contributed by atoms with Gasteiger partial charge in [-0.3, -0.25) is 0 Å². The third-order valence-corrected chi connectivity index (χ3v) is 3.52. The van der Waals surface area contributed by atoms with E-state index < -0.39 is 5.60 Å². The molecule has 1 aromatic rings. The van der Waals surface area contributed by atoms with Gasteiger partial charge in [0.05, 0.1) is 0 Å². The molecule has 0 aromatic heterocycles. The number of hydrogen-bond donors (Lipinski definition) is 1. The zero-order chi connectivity index (χ0) is 13.3. The van der Waals surface area contributed by atoms with Crippen LogP contribution >= 0.6 is 15.9 Å². The number of hydrogen-bond acceptors (Lipinski definition) is 2. The van der Waals surface area contributed by atoms with Gasteiger partial charge in [-0.1, -0.05) is 34.1 Å². The standard InChI is InChI=1S/C14H18BrNO2/c1-14(2,3)18-13(17)16-12-8-10(12)9-6-4-5-7-11(9)15/h4-7,10,12H,8H2,1-3H3,(H,16,17)/t10-,12+/m1/s1. The summed E-state index contributed by atoms with van der Waals surface area (Å²) in [5.41, 5.74) is 0.806. The second kappa shape index (κ2) is 4.92. The first-order valence-electron chi connectivity index (χ1n) is 6.11.